The van der Waals surface area contributed by atoms with Crippen LogP contribution in [0.4, 0.5) is 11.5 Å². The van der Waals surface area contributed by atoms with Gasteiger partial charge in [-0.05, 0) is 38.1 Å². The summed E-state index contributed by atoms with van der Waals surface area (Å²) in [4.78, 5) is 35.0. The Morgan fingerprint density at radius 3 is 2.46 bits per heavy atom. The van der Waals surface area contributed by atoms with E-state index in [0.717, 1.165) is 25.9 Å². The van der Waals surface area contributed by atoms with E-state index in [9.17, 15) is 9.59 Å². The van der Waals surface area contributed by atoms with Crippen LogP contribution in [0.5, 0.6) is 0 Å². The molecule has 1 atom stereocenters. The van der Waals surface area contributed by atoms with Gasteiger partial charge in [0.05, 0.1) is 24.1 Å². The van der Waals surface area contributed by atoms with Crippen LogP contribution in [0.2, 0.25) is 0 Å². The van der Waals surface area contributed by atoms with Crippen molar-refractivity contribution in [2.24, 2.45) is 0 Å². The summed E-state index contributed by atoms with van der Waals surface area (Å²) in [6.07, 6.45) is 5.83. The molecule has 37 heavy (non-hydrogen) atoms. The first-order chi connectivity index (χ1) is 18.1. The minimum atomic E-state index is -1.22. The number of hydrogen-bond acceptors (Lipinski definition) is 8. The van der Waals surface area contributed by atoms with Gasteiger partial charge in [-0.15, -0.1) is 0 Å². The third-order valence-corrected chi connectivity index (χ3v) is 6.18. The van der Waals surface area contributed by atoms with Gasteiger partial charge in [-0.25, -0.2) is 14.8 Å². The number of hydrogen-bond donors (Lipinski definition) is 3. The number of para-hydroxylation sites is 1. The summed E-state index contributed by atoms with van der Waals surface area (Å²) in [7, 11) is 0. The molecule has 0 unspecified atom stereocenters. The lowest BCUT2D eigenvalue weighted by atomic mass is 10.1. The Labute approximate surface area is 213 Å². The van der Waals surface area contributed by atoms with E-state index in [0.29, 0.717) is 28.6 Å². The maximum absolute atomic E-state index is 13.2. The fraction of sp³-hybridized carbons (Fsp3) is 0.222. The van der Waals surface area contributed by atoms with Gasteiger partial charge < -0.3 is 21.1 Å². The van der Waals surface area contributed by atoms with Crippen molar-refractivity contribution in [3.05, 3.63) is 90.5 Å². The Morgan fingerprint density at radius 2 is 1.73 bits per heavy atom. The number of carbonyl (C=O) groups excluding carboxylic acids is 2. The van der Waals surface area contributed by atoms with Gasteiger partial charge in [-0.1, -0.05) is 48.5 Å². The van der Waals surface area contributed by atoms with E-state index in [1.165, 1.54) is 6.20 Å². The highest BCUT2D eigenvalue weighted by Gasteiger charge is 2.28. The number of ether oxygens (including phenoxy) is 1. The lowest BCUT2D eigenvalue weighted by molar-refractivity contribution is -0.125. The SMILES string of the molecule is Nc1ncc(-c2cnn(C3CCNCC3)c2)nc1C(=O)O[C@@H](C(=O)Nc1ccccc1)c1ccccc1. The molecule has 0 radical (unpaired) electrons. The van der Waals surface area contributed by atoms with Crippen LogP contribution in [0.1, 0.15) is 41.0 Å². The number of benzene rings is 2. The van der Waals surface area contributed by atoms with Crippen LogP contribution in [0, 0.1) is 0 Å². The lowest BCUT2D eigenvalue weighted by Gasteiger charge is -2.22. The number of nitrogens with two attached hydrogens (primary N) is 1. The summed E-state index contributed by atoms with van der Waals surface area (Å²) in [5, 5.41) is 10.6. The lowest BCUT2D eigenvalue weighted by Crippen LogP contribution is -2.29. The Balaban J connectivity index is 1.38. The number of nitrogens with one attached hydrogen (secondary N) is 2. The first-order valence-corrected chi connectivity index (χ1v) is 12.1. The molecule has 188 valence electrons. The third kappa shape index (κ3) is 5.65. The van der Waals surface area contributed by atoms with Crippen LogP contribution in [-0.2, 0) is 9.53 Å². The van der Waals surface area contributed by atoms with Gasteiger partial charge in [0.1, 0.15) is 0 Å². The summed E-state index contributed by atoms with van der Waals surface area (Å²) >= 11 is 0. The summed E-state index contributed by atoms with van der Waals surface area (Å²) in [6, 6.07) is 18.0. The van der Waals surface area contributed by atoms with Crippen molar-refractivity contribution in [2.45, 2.75) is 25.0 Å². The van der Waals surface area contributed by atoms with Crippen molar-refractivity contribution < 1.29 is 14.3 Å². The van der Waals surface area contributed by atoms with Crippen LogP contribution in [0.15, 0.2) is 79.3 Å². The van der Waals surface area contributed by atoms with Crippen LogP contribution in [0.3, 0.4) is 0 Å². The van der Waals surface area contributed by atoms with Crippen molar-refractivity contribution in [3.8, 4) is 11.3 Å². The summed E-state index contributed by atoms with van der Waals surface area (Å²) in [5.41, 5.74) is 8.07. The molecular weight excluding hydrogens is 470 g/mol. The molecule has 1 amide bonds. The van der Waals surface area contributed by atoms with E-state index in [1.54, 1.807) is 54.7 Å². The average Bonchev–Trinajstić information content (AvgIpc) is 3.44. The first-order valence-electron chi connectivity index (χ1n) is 12.1. The number of piperidine rings is 1. The summed E-state index contributed by atoms with van der Waals surface area (Å²) in [5.74, 6) is -1.44. The van der Waals surface area contributed by atoms with E-state index < -0.39 is 18.0 Å². The summed E-state index contributed by atoms with van der Waals surface area (Å²) in [6.45, 7) is 1.88. The number of rotatable bonds is 7. The quantitative estimate of drug-likeness (QED) is 0.331. The second-order valence-corrected chi connectivity index (χ2v) is 8.73. The largest absolute Gasteiger partial charge is 0.442 e. The Hall–Kier alpha value is -4.57. The maximum Gasteiger partial charge on any atom is 0.361 e. The van der Waals surface area contributed by atoms with Crippen LogP contribution in [-0.4, -0.2) is 44.7 Å². The minimum Gasteiger partial charge on any atom is -0.442 e. The maximum atomic E-state index is 13.2. The molecule has 4 aromatic rings. The fourth-order valence-corrected chi connectivity index (χ4v) is 4.22. The molecular formula is C27H27N7O3. The summed E-state index contributed by atoms with van der Waals surface area (Å²) < 4.78 is 7.59. The first kappa shape index (κ1) is 24.1. The molecule has 0 saturated carbocycles. The number of aromatic nitrogens is 4. The predicted molar refractivity (Wildman–Crippen MR) is 138 cm³/mol. The van der Waals surface area contributed by atoms with Gasteiger partial charge in [0.15, 0.2) is 11.5 Å². The second-order valence-electron chi connectivity index (χ2n) is 8.73. The topological polar surface area (TPSA) is 137 Å². The van der Waals surface area contributed by atoms with Gasteiger partial charge >= 0.3 is 5.97 Å². The standard InChI is InChI=1S/C27H27N7O3/c28-25-23(33-22(16-30-25)19-15-31-34(17-19)21-11-13-29-14-12-21)27(36)37-24(18-7-3-1-4-8-18)26(35)32-20-9-5-2-6-10-20/h1-10,15-17,21,24,29H,11-14H2,(H2,28,30)(H,32,35)/t24-/m1/s1. The molecule has 5 rings (SSSR count). The Morgan fingerprint density at radius 1 is 1.03 bits per heavy atom. The molecule has 0 spiro atoms. The Bertz CT molecular complexity index is 1370. The van der Waals surface area contributed by atoms with E-state index in [2.05, 4.69) is 25.7 Å². The van der Waals surface area contributed by atoms with Gasteiger partial charge in [0, 0.05) is 23.0 Å². The van der Waals surface area contributed by atoms with Crippen LogP contribution < -0.4 is 16.4 Å². The monoisotopic (exact) mass is 497 g/mol. The normalized spacial score (nSPS) is 14.6. The predicted octanol–water partition coefficient (Wildman–Crippen LogP) is 3.38. The molecule has 2 aromatic carbocycles. The van der Waals surface area contributed by atoms with Crippen molar-refractivity contribution in [1.29, 1.82) is 0 Å². The van der Waals surface area contributed by atoms with E-state index in [4.69, 9.17) is 10.5 Å². The van der Waals surface area contributed by atoms with Gasteiger partial charge in [0.2, 0.25) is 6.10 Å². The zero-order valence-electron chi connectivity index (χ0n) is 20.1. The second kappa shape index (κ2) is 11.0. The molecule has 10 heteroatoms. The molecule has 1 aliphatic rings. The number of nitrogen functional groups attached to an aromatic ring is 1. The van der Waals surface area contributed by atoms with E-state index >= 15 is 0 Å². The molecule has 1 fully saturated rings. The molecule has 10 nitrogen and oxygen atoms in total. The number of carbonyl (C=O) groups is 2. The zero-order valence-corrected chi connectivity index (χ0v) is 20.1. The number of nitrogens with zero attached hydrogens (tertiary/aromatic N) is 4. The van der Waals surface area contributed by atoms with Crippen LogP contribution in [0.25, 0.3) is 11.3 Å². The highest BCUT2D eigenvalue weighted by atomic mass is 16.5. The van der Waals surface area contributed by atoms with E-state index in [-0.39, 0.29) is 11.5 Å². The molecule has 3 heterocycles. The van der Waals surface area contributed by atoms with Gasteiger partial charge in [-0.3, -0.25) is 9.48 Å². The van der Waals surface area contributed by atoms with Gasteiger partial charge in [-0.2, -0.15) is 5.10 Å². The highest BCUT2D eigenvalue weighted by Crippen LogP contribution is 2.25. The van der Waals surface area contributed by atoms with Crippen LogP contribution >= 0.6 is 0 Å². The van der Waals surface area contributed by atoms with Crippen molar-refractivity contribution in [2.75, 3.05) is 24.1 Å². The number of amides is 1. The van der Waals surface area contributed by atoms with E-state index in [1.807, 2.05) is 23.0 Å². The Kier molecular flexibility index (Phi) is 7.18. The number of anilines is 2. The molecule has 4 N–H and O–H groups in total. The van der Waals surface area contributed by atoms with Crippen molar-refractivity contribution in [3.63, 3.8) is 0 Å². The van der Waals surface area contributed by atoms with Crippen molar-refractivity contribution >= 4 is 23.4 Å². The minimum absolute atomic E-state index is 0.0882. The number of esters is 1. The fourth-order valence-electron chi connectivity index (χ4n) is 4.22. The molecule has 1 aliphatic heterocycles. The third-order valence-electron chi connectivity index (χ3n) is 6.18. The van der Waals surface area contributed by atoms with Gasteiger partial charge in [0.25, 0.3) is 5.91 Å². The molecule has 0 bridgehead atoms. The van der Waals surface area contributed by atoms with Crippen molar-refractivity contribution in [1.82, 2.24) is 25.1 Å². The smallest absolute Gasteiger partial charge is 0.361 e. The average molecular weight is 498 g/mol. The highest BCUT2D eigenvalue weighted by molar-refractivity contribution is 5.99. The molecule has 1 saturated heterocycles. The zero-order chi connectivity index (χ0) is 25.6. The molecule has 2 aromatic heterocycles. The molecule has 0 aliphatic carbocycles.